The number of anilines is 1. The fraction of sp³-hybridized carbons (Fsp3) is 0.250. The van der Waals surface area contributed by atoms with Gasteiger partial charge in [0, 0.05) is 55.5 Å². The van der Waals surface area contributed by atoms with Gasteiger partial charge < -0.3 is 14.8 Å². The molecule has 0 saturated heterocycles. The quantitative estimate of drug-likeness (QED) is 0.799. The number of para-hydroxylation sites is 1. The van der Waals surface area contributed by atoms with Crippen molar-refractivity contribution in [3.8, 4) is 0 Å². The Hall–Kier alpha value is -2.75. The van der Waals surface area contributed by atoms with Crippen LogP contribution in [0.3, 0.4) is 0 Å². The van der Waals surface area contributed by atoms with Crippen molar-refractivity contribution < 1.29 is 4.79 Å². The molecule has 0 bridgehead atoms. The van der Waals surface area contributed by atoms with E-state index >= 15 is 0 Å². The number of hydrogen-bond acceptors (Lipinski definition) is 2. The van der Waals surface area contributed by atoms with E-state index < -0.39 is 0 Å². The zero-order valence-corrected chi connectivity index (χ0v) is 14.6. The molecular weight excluding hydrogens is 298 g/mol. The molecule has 0 aliphatic carbocycles. The summed E-state index contributed by atoms with van der Waals surface area (Å²) in [7, 11) is 6.00. The average Bonchev–Trinajstić information content (AvgIpc) is 2.84. The van der Waals surface area contributed by atoms with E-state index in [1.807, 2.05) is 55.4 Å². The van der Waals surface area contributed by atoms with Gasteiger partial charge in [-0.3, -0.25) is 4.79 Å². The molecule has 0 atom stereocenters. The lowest BCUT2D eigenvalue weighted by Crippen LogP contribution is -2.23. The van der Waals surface area contributed by atoms with Crippen molar-refractivity contribution in [1.29, 1.82) is 0 Å². The number of benzene rings is 2. The van der Waals surface area contributed by atoms with Gasteiger partial charge in [-0.1, -0.05) is 24.3 Å². The molecule has 1 N–H and O–H groups in total. The van der Waals surface area contributed by atoms with Gasteiger partial charge in [-0.25, -0.2) is 0 Å². The maximum Gasteiger partial charge on any atom is 0.251 e. The highest BCUT2D eigenvalue weighted by Crippen LogP contribution is 2.24. The van der Waals surface area contributed by atoms with Gasteiger partial charge in [0.25, 0.3) is 5.91 Å². The molecule has 3 rings (SSSR count). The van der Waals surface area contributed by atoms with Crippen LogP contribution in [-0.4, -0.2) is 24.6 Å². The van der Waals surface area contributed by atoms with Crippen LogP contribution in [0.1, 0.15) is 21.6 Å². The second kappa shape index (κ2) is 6.40. The zero-order valence-electron chi connectivity index (χ0n) is 14.6. The first-order valence-corrected chi connectivity index (χ1v) is 8.07. The predicted molar refractivity (Wildman–Crippen MR) is 99.6 cm³/mol. The lowest BCUT2D eigenvalue weighted by Gasteiger charge is -2.13. The van der Waals surface area contributed by atoms with Gasteiger partial charge in [0.15, 0.2) is 0 Å². The van der Waals surface area contributed by atoms with Gasteiger partial charge >= 0.3 is 0 Å². The van der Waals surface area contributed by atoms with Gasteiger partial charge in [0.05, 0.1) is 0 Å². The van der Waals surface area contributed by atoms with Crippen LogP contribution in [0.25, 0.3) is 10.9 Å². The molecule has 3 aromatic rings. The summed E-state index contributed by atoms with van der Waals surface area (Å²) in [4.78, 5) is 14.5. The molecule has 0 radical (unpaired) electrons. The molecule has 0 unspecified atom stereocenters. The monoisotopic (exact) mass is 321 g/mol. The highest BCUT2D eigenvalue weighted by molar-refractivity contribution is 5.95. The zero-order chi connectivity index (χ0) is 17.3. The Balaban J connectivity index is 1.83. The molecule has 0 aliphatic rings. The SMILES string of the molecule is Cc1c(CNC(=O)c2cccc(N(C)C)c2)c2ccccc2n1C. The van der Waals surface area contributed by atoms with Crippen LogP contribution in [-0.2, 0) is 13.6 Å². The number of carbonyl (C=O) groups is 1. The Morgan fingerprint density at radius 1 is 1.12 bits per heavy atom. The van der Waals surface area contributed by atoms with Gasteiger partial charge in [-0.05, 0) is 36.8 Å². The summed E-state index contributed by atoms with van der Waals surface area (Å²) in [5, 5.41) is 4.25. The number of aryl methyl sites for hydroxylation is 1. The summed E-state index contributed by atoms with van der Waals surface area (Å²) in [6, 6.07) is 15.9. The lowest BCUT2D eigenvalue weighted by molar-refractivity contribution is 0.0951. The van der Waals surface area contributed by atoms with Crippen molar-refractivity contribution in [2.24, 2.45) is 7.05 Å². The third-order valence-electron chi connectivity index (χ3n) is 4.58. The Labute approximate surface area is 142 Å². The number of hydrogen-bond donors (Lipinski definition) is 1. The van der Waals surface area contributed by atoms with Crippen molar-refractivity contribution in [3.05, 3.63) is 65.4 Å². The fourth-order valence-corrected chi connectivity index (χ4v) is 3.02. The second-order valence-electron chi connectivity index (χ2n) is 6.27. The van der Waals surface area contributed by atoms with E-state index in [2.05, 4.69) is 36.0 Å². The minimum absolute atomic E-state index is 0.0500. The van der Waals surface area contributed by atoms with Gasteiger partial charge in [-0.2, -0.15) is 0 Å². The molecule has 124 valence electrons. The summed E-state index contributed by atoms with van der Waals surface area (Å²) in [6.07, 6.45) is 0. The van der Waals surface area contributed by atoms with E-state index in [9.17, 15) is 4.79 Å². The van der Waals surface area contributed by atoms with E-state index in [-0.39, 0.29) is 5.91 Å². The Kier molecular flexibility index (Phi) is 4.30. The van der Waals surface area contributed by atoms with Crippen molar-refractivity contribution in [1.82, 2.24) is 9.88 Å². The molecule has 24 heavy (non-hydrogen) atoms. The molecule has 1 heterocycles. The average molecular weight is 321 g/mol. The minimum Gasteiger partial charge on any atom is -0.378 e. The van der Waals surface area contributed by atoms with Crippen molar-refractivity contribution in [2.45, 2.75) is 13.5 Å². The standard InChI is InChI=1S/C20H23N3O/c1-14-18(17-10-5-6-11-19(17)23(14)4)13-21-20(24)15-8-7-9-16(12-15)22(2)3/h5-12H,13H2,1-4H3,(H,21,24). The number of nitrogens with zero attached hydrogens (tertiary/aromatic N) is 2. The van der Waals surface area contributed by atoms with E-state index in [4.69, 9.17) is 0 Å². The molecule has 1 amide bonds. The normalized spacial score (nSPS) is 10.8. The molecule has 0 saturated carbocycles. The molecule has 0 fully saturated rings. The summed E-state index contributed by atoms with van der Waals surface area (Å²) in [5.41, 5.74) is 5.24. The van der Waals surface area contributed by atoms with Crippen LogP contribution in [0.2, 0.25) is 0 Å². The topological polar surface area (TPSA) is 37.3 Å². The van der Waals surface area contributed by atoms with Crippen molar-refractivity contribution in [2.75, 3.05) is 19.0 Å². The summed E-state index contributed by atoms with van der Waals surface area (Å²) >= 11 is 0. The molecular formula is C20H23N3O. The van der Waals surface area contributed by atoms with Gasteiger partial charge in [0.2, 0.25) is 0 Å². The third kappa shape index (κ3) is 2.87. The fourth-order valence-electron chi connectivity index (χ4n) is 3.02. The van der Waals surface area contributed by atoms with Crippen LogP contribution in [0.15, 0.2) is 48.5 Å². The smallest absolute Gasteiger partial charge is 0.251 e. The molecule has 4 nitrogen and oxygen atoms in total. The maximum atomic E-state index is 12.5. The van der Waals surface area contributed by atoms with Crippen molar-refractivity contribution >= 4 is 22.5 Å². The highest BCUT2D eigenvalue weighted by Gasteiger charge is 2.13. The number of amides is 1. The first-order valence-electron chi connectivity index (χ1n) is 8.07. The van der Waals surface area contributed by atoms with Crippen LogP contribution in [0.4, 0.5) is 5.69 Å². The van der Waals surface area contributed by atoms with Gasteiger partial charge in [-0.15, -0.1) is 0 Å². The molecule has 4 heteroatoms. The maximum absolute atomic E-state index is 12.5. The number of fused-ring (bicyclic) bond motifs is 1. The molecule has 1 aromatic heterocycles. The Bertz CT molecular complexity index is 893. The van der Waals surface area contributed by atoms with E-state index in [0.717, 1.165) is 5.69 Å². The van der Waals surface area contributed by atoms with Crippen LogP contribution in [0.5, 0.6) is 0 Å². The van der Waals surface area contributed by atoms with Crippen LogP contribution in [0, 0.1) is 6.92 Å². The van der Waals surface area contributed by atoms with Crippen LogP contribution < -0.4 is 10.2 Å². The summed E-state index contributed by atoms with van der Waals surface area (Å²) in [6.45, 7) is 2.62. The van der Waals surface area contributed by atoms with Crippen molar-refractivity contribution in [3.63, 3.8) is 0 Å². The van der Waals surface area contributed by atoms with E-state index in [1.165, 1.54) is 22.2 Å². The Morgan fingerprint density at radius 2 is 1.88 bits per heavy atom. The van der Waals surface area contributed by atoms with Crippen LogP contribution >= 0.6 is 0 Å². The predicted octanol–water partition coefficient (Wildman–Crippen LogP) is 3.48. The molecule has 2 aromatic carbocycles. The molecule has 0 aliphatic heterocycles. The van der Waals surface area contributed by atoms with E-state index in [0.29, 0.717) is 12.1 Å². The van der Waals surface area contributed by atoms with Gasteiger partial charge in [0.1, 0.15) is 0 Å². The first-order chi connectivity index (χ1) is 11.5. The number of nitrogens with one attached hydrogen (secondary N) is 1. The lowest BCUT2D eigenvalue weighted by atomic mass is 10.1. The molecule has 0 spiro atoms. The van der Waals surface area contributed by atoms with E-state index in [1.54, 1.807) is 0 Å². The summed E-state index contributed by atoms with van der Waals surface area (Å²) < 4.78 is 2.17. The number of aromatic nitrogens is 1. The minimum atomic E-state index is -0.0500. The number of rotatable bonds is 4. The third-order valence-corrected chi connectivity index (χ3v) is 4.58. The largest absolute Gasteiger partial charge is 0.378 e. The Morgan fingerprint density at radius 3 is 2.62 bits per heavy atom. The second-order valence-corrected chi connectivity index (χ2v) is 6.27. The summed E-state index contributed by atoms with van der Waals surface area (Å²) in [5.74, 6) is -0.0500. The highest BCUT2D eigenvalue weighted by atomic mass is 16.1. The first kappa shape index (κ1) is 16.1. The number of carbonyl (C=O) groups excluding carboxylic acids is 1.